The van der Waals surface area contributed by atoms with E-state index in [9.17, 15) is 29.4 Å². The first kappa shape index (κ1) is 53.4. The molecule has 0 saturated carbocycles. The van der Waals surface area contributed by atoms with E-state index < -0.39 is 23.9 Å². The van der Waals surface area contributed by atoms with Gasteiger partial charge in [-0.2, -0.15) is 13.5 Å². The minimum Gasteiger partial charge on any atom is -0.550 e. The maximum absolute atomic E-state index is 10.0. The molecule has 0 unspecified atom stereocenters. The van der Waals surface area contributed by atoms with Gasteiger partial charge >= 0.3 is 31.4 Å². The van der Waals surface area contributed by atoms with Crippen molar-refractivity contribution in [2.24, 2.45) is 0 Å². The molecule has 0 amide bonds. The summed E-state index contributed by atoms with van der Waals surface area (Å²) >= 11 is 0. The standard InChI is InChI=1S/4C8H16O2.H2S.Zn/c4*1-2-3-4-5-6-7-8(9)10;;/h4*2-7H2,1H3,(H,9,10);1H2;/q;;;;;+2/p-2. The number of unbranched alkanes of at least 4 members (excludes halogenated alkanes) is 16. The molecule has 0 rings (SSSR count). The van der Waals surface area contributed by atoms with Gasteiger partial charge in [0.05, 0.1) is 0 Å². The molecule has 0 aromatic heterocycles. The van der Waals surface area contributed by atoms with E-state index in [1.165, 1.54) is 64.2 Å². The van der Waals surface area contributed by atoms with Crippen LogP contribution in [0, 0.1) is 0 Å². The van der Waals surface area contributed by atoms with E-state index in [0.717, 1.165) is 64.2 Å². The van der Waals surface area contributed by atoms with Crippen molar-refractivity contribution in [3.8, 4) is 0 Å². The number of carboxylic acid groups (broad SMARTS) is 4. The molecule has 0 heterocycles. The minimum atomic E-state index is -0.920. The van der Waals surface area contributed by atoms with Crippen LogP contribution in [0.1, 0.15) is 182 Å². The second kappa shape index (κ2) is 49.5. The van der Waals surface area contributed by atoms with E-state index in [0.29, 0.717) is 12.8 Å². The van der Waals surface area contributed by atoms with Gasteiger partial charge in [0.1, 0.15) is 0 Å². The van der Waals surface area contributed by atoms with Crippen LogP contribution in [-0.4, -0.2) is 34.1 Å². The molecule has 42 heavy (non-hydrogen) atoms. The summed E-state index contributed by atoms with van der Waals surface area (Å²) in [4.78, 5) is 39.9. The Morgan fingerprint density at radius 2 is 0.595 bits per heavy atom. The third-order valence-corrected chi connectivity index (χ3v) is 5.96. The van der Waals surface area contributed by atoms with Gasteiger partial charge in [-0.25, -0.2) is 0 Å². The number of carbonyl (C=O) groups excluding carboxylic acids is 2. The molecule has 0 aromatic rings. The zero-order valence-electron chi connectivity index (χ0n) is 27.5. The van der Waals surface area contributed by atoms with Gasteiger partial charge < -0.3 is 30.0 Å². The second-order valence-electron chi connectivity index (χ2n) is 10.2. The van der Waals surface area contributed by atoms with Crippen LogP contribution in [0.4, 0.5) is 0 Å². The van der Waals surface area contributed by atoms with Crippen LogP contribution in [0.15, 0.2) is 0 Å². The third kappa shape index (κ3) is 77.2. The van der Waals surface area contributed by atoms with E-state index in [-0.39, 0.29) is 45.8 Å². The first-order valence-corrected chi connectivity index (χ1v) is 15.9. The largest absolute Gasteiger partial charge is 2.00 e. The number of carboxylic acids is 4. The van der Waals surface area contributed by atoms with E-state index in [1.54, 1.807) is 0 Å². The average molecular weight is 674 g/mol. The van der Waals surface area contributed by atoms with Gasteiger partial charge in [0.15, 0.2) is 0 Å². The Hall–Kier alpha value is -1.15. The summed E-state index contributed by atoms with van der Waals surface area (Å²) in [7, 11) is 0. The summed E-state index contributed by atoms with van der Waals surface area (Å²) in [5.41, 5.74) is 0. The quantitative estimate of drug-likeness (QED) is 0.0807. The van der Waals surface area contributed by atoms with E-state index in [4.69, 9.17) is 10.2 Å². The molecular weight excluding hydrogens is 610 g/mol. The van der Waals surface area contributed by atoms with Gasteiger partial charge in [-0.3, -0.25) is 9.59 Å². The Morgan fingerprint density at radius 3 is 0.762 bits per heavy atom. The molecule has 8 nitrogen and oxygen atoms in total. The zero-order chi connectivity index (χ0) is 31.3. The normalized spacial score (nSPS) is 9.24. The van der Waals surface area contributed by atoms with E-state index in [1.807, 2.05) is 0 Å². The fourth-order valence-electron chi connectivity index (χ4n) is 3.51. The first-order valence-electron chi connectivity index (χ1n) is 15.9. The fraction of sp³-hybridized carbons (Fsp3) is 0.875. The van der Waals surface area contributed by atoms with Crippen molar-refractivity contribution in [2.45, 2.75) is 182 Å². The van der Waals surface area contributed by atoms with Gasteiger partial charge in [0, 0.05) is 24.8 Å². The van der Waals surface area contributed by atoms with Crippen LogP contribution in [-0.2, 0) is 38.7 Å². The number of carbonyl (C=O) groups is 4. The molecular formula is C32H64O8SZn. The van der Waals surface area contributed by atoms with Crippen LogP contribution in [0.5, 0.6) is 0 Å². The van der Waals surface area contributed by atoms with Crippen LogP contribution in [0.2, 0.25) is 0 Å². The smallest absolute Gasteiger partial charge is 0.550 e. The second-order valence-corrected chi connectivity index (χ2v) is 10.2. The van der Waals surface area contributed by atoms with Gasteiger partial charge in [-0.05, 0) is 38.5 Å². The van der Waals surface area contributed by atoms with Gasteiger partial charge in [-0.1, -0.05) is 130 Å². The SMILES string of the molecule is CCCCCCCC(=O)O.CCCCCCCC(=O)O.CCCCCCCC(=O)[O-].CCCCCCCC(=O)[O-].S.[Zn+2]. The first-order chi connectivity index (χ1) is 19.1. The summed E-state index contributed by atoms with van der Waals surface area (Å²) < 4.78 is 0. The molecule has 10 heteroatoms. The average Bonchev–Trinajstić information content (AvgIpc) is 2.89. The summed E-state index contributed by atoms with van der Waals surface area (Å²) in [6.45, 7) is 8.58. The number of aliphatic carboxylic acids is 4. The maximum Gasteiger partial charge on any atom is 2.00 e. The van der Waals surface area contributed by atoms with Crippen LogP contribution < -0.4 is 10.2 Å². The Kier molecular flexibility index (Phi) is 63.0. The van der Waals surface area contributed by atoms with Gasteiger partial charge in [-0.15, -0.1) is 0 Å². The molecule has 0 spiro atoms. The Balaban J connectivity index is -0.000000101. The van der Waals surface area contributed by atoms with Gasteiger partial charge in [0.25, 0.3) is 0 Å². The molecule has 248 valence electrons. The molecule has 0 aliphatic heterocycles. The Morgan fingerprint density at radius 1 is 0.405 bits per heavy atom. The van der Waals surface area contributed by atoms with Gasteiger partial charge in [0.2, 0.25) is 0 Å². The topological polar surface area (TPSA) is 155 Å². The van der Waals surface area contributed by atoms with Crippen LogP contribution in [0.3, 0.4) is 0 Å². The van der Waals surface area contributed by atoms with Crippen molar-refractivity contribution in [3.63, 3.8) is 0 Å². The van der Waals surface area contributed by atoms with Crippen LogP contribution in [0.25, 0.3) is 0 Å². The van der Waals surface area contributed by atoms with Crippen molar-refractivity contribution in [1.29, 1.82) is 0 Å². The predicted molar refractivity (Wildman–Crippen MR) is 169 cm³/mol. The molecule has 0 aromatic carbocycles. The fourth-order valence-corrected chi connectivity index (χ4v) is 3.51. The molecule has 0 fully saturated rings. The monoisotopic (exact) mass is 672 g/mol. The van der Waals surface area contributed by atoms with Crippen molar-refractivity contribution in [1.82, 2.24) is 0 Å². The summed E-state index contributed by atoms with van der Waals surface area (Å²) in [5.74, 6) is -3.18. The number of hydrogen-bond donors (Lipinski definition) is 2. The van der Waals surface area contributed by atoms with Crippen molar-refractivity contribution >= 4 is 37.4 Å². The molecule has 0 aliphatic rings. The maximum atomic E-state index is 10.0. The number of hydrogen-bond acceptors (Lipinski definition) is 6. The molecule has 0 bridgehead atoms. The van der Waals surface area contributed by atoms with Crippen LogP contribution >= 0.6 is 13.5 Å². The Bertz CT molecular complexity index is 467. The van der Waals surface area contributed by atoms with E-state index >= 15 is 0 Å². The Labute approximate surface area is 277 Å². The molecule has 0 radical (unpaired) electrons. The number of rotatable bonds is 24. The summed E-state index contributed by atoms with van der Waals surface area (Å²) in [5, 5.41) is 36.4. The van der Waals surface area contributed by atoms with Crippen molar-refractivity contribution < 1.29 is 59.1 Å². The minimum absolute atomic E-state index is 0. The third-order valence-electron chi connectivity index (χ3n) is 5.96. The van der Waals surface area contributed by atoms with Crippen molar-refractivity contribution in [3.05, 3.63) is 0 Å². The zero-order valence-corrected chi connectivity index (χ0v) is 31.5. The predicted octanol–water partition coefficient (Wildman–Crippen LogP) is 7.17. The van der Waals surface area contributed by atoms with E-state index in [2.05, 4.69) is 27.7 Å². The van der Waals surface area contributed by atoms with Crippen molar-refractivity contribution in [2.75, 3.05) is 0 Å². The molecule has 0 saturated heterocycles. The summed E-state index contributed by atoms with van der Waals surface area (Å²) in [6.07, 6.45) is 23.0. The molecule has 0 aliphatic carbocycles. The molecule has 2 N–H and O–H groups in total. The molecule has 0 atom stereocenters. The summed E-state index contributed by atoms with van der Waals surface area (Å²) in [6, 6.07) is 0.